The Labute approximate surface area is 106 Å². The third-order valence-electron chi connectivity index (χ3n) is 2.66. The van der Waals surface area contributed by atoms with Gasteiger partial charge in [0.15, 0.2) is 0 Å². The van der Waals surface area contributed by atoms with E-state index in [2.05, 4.69) is 5.32 Å². The summed E-state index contributed by atoms with van der Waals surface area (Å²) in [5, 5.41) is 2.07. The van der Waals surface area contributed by atoms with Crippen LogP contribution in [0.15, 0.2) is 24.3 Å². The molecule has 0 aliphatic carbocycles. The average molecular weight is 250 g/mol. The van der Waals surface area contributed by atoms with Crippen LogP contribution in [0.1, 0.15) is 13.8 Å². The second kappa shape index (κ2) is 5.90. The summed E-state index contributed by atoms with van der Waals surface area (Å²) in [6.45, 7) is 4.25. The Morgan fingerprint density at radius 1 is 1.33 bits per heavy atom. The molecule has 6 nitrogen and oxygen atoms in total. The number of anilines is 2. The number of nitrogens with two attached hydrogens (primary N) is 2. The van der Waals surface area contributed by atoms with Crippen molar-refractivity contribution < 1.29 is 9.59 Å². The standard InChI is InChI=1S/C12H18N4O2/c1-3-16(8(2)11(17)15-12(14)18)10-6-4-9(13)5-7-10/h4-8H,3,13H2,1-2H3,(H3,14,15,17,18). The minimum absolute atomic E-state index is 0.429. The van der Waals surface area contributed by atoms with Crippen LogP contribution >= 0.6 is 0 Å². The highest BCUT2D eigenvalue weighted by Crippen LogP contribution is 2.18. The Hall–Kier alpha value is -2.24. The van der Waals surface area contributed by atoms with E-state index in [0.29, 0.717) is 12.2 Å². The molecule has 0 aromatic heterocycles. The lowest BCUT2D eigenvalue weighted by atomic mass is 10.2. The monoisotopic (exact) mass is 250 g/mol. The highest BCUT2D eigenvalue weighted by Gasteiger charge is 2.21. The molecule has 1 unspecified atom stereocenters. The third-order valence-corrected chi connectivity index (χ3v) is 2.66. The number of hydrogen-bond donors (Lipinski definition) is 3. The van der Waals surface area contributed by atoms with Crippen molar-refractivity contribution in [1.29, 1.82) is 0 Å². The molecule has 1 rings (SSSR count). The number of nitrogens with zero attached hydrogens (tertiary/aromatic N) is 1. The van der Waals surface area contributed by atoms with Crippen LogP contribution in [0.5, 0.6) is 0 Å². The van der Waals surface area contributed by atoms with Crippen molar-refractivity contribution in [1.82, 2.24) is 5.32 Å². The zero-order chi connectivity index (χ0) is 13.7. The molecule has 6 heteroatoms. The van der Waals surface area contributed by atoms with Gasteiger partial charge in [0.1, 0.15) is 6.04 Å². The summed E-state index contributed by atoms with van der Waals surface area (Å²) in [6.07, 6.45) is 0. The first-order chi connectivity index (χ1) is 8.45. The van der Waals surface area contributed by atoms with Crippen molar-refractivity contribution >= 4 is 23.3 Å². The normalized spacial score (nSPS) is 11.7. The second-order valence-corrected chi connectivity index (χ2v) is 3.91. The van der Waals surface area contributed by atoms with Crippen molar-refractivity contribution in [3.8, 4) is 0 Å². The molecule has 5 N–H and O–H groups in total. The predicted molar refractivity (Wildman–Crippen MR) is 71.1 cm³/mol. The average Bonchev–Trinajstić information content (AvgIpc) is 2.31. The fourth-order valence-electron chi connectivity index (χ4n) is 1.71. The van der Waals surface area contributed by atoms with Crippen molar-refractivity contribution in [3.05, 3.63) is 24.3 Å². The molecule has 0 radical (unpaired) electrons. The number of rotatable bonds is 4. The second-order valence-electron chi connectivity index (χ2n) is 3.91. The number of nitrogen functional groups attached to an aromatic ring is 1. The van der Waals surface area contributed by atoms with Crippen LogP contribution < -0.4 is 21.7 Å². The Bertz CT molecular complexity index is 430. The molecule has 3 amide bonds. The van der Waals surface area contributed by atoms with Gasteiger partial charge in [0.05, 0.1) is 0 Å². The van der Waals surface area contributed by atoms with E-state index in [1.807, 2.05) is 24.0 Å². The lowest BCUT2D eigenvalue weighted by Gasteiger charge is -2.28. The predicted octanol–water partition coefficient (Wildman–Crippen LogP) is 0.678. The van der Waals surface area contributed by atoms with Crippen molar-refractivity contribution in [2.45, 2.75) is 19.9 Å². The lowest BCUT2D eigenvalue weighted by Crippen LogP contribution is -2.48. The molecule has 0 bridgehead atoms. The SMILES string of the molecule is CCN(c1ccc(N)cc1)C(C)C(=O)NC(N)=O. The third kappa shape index (κ3) is 3.38. The number of nitrogens with one attached hydrogen (secondary N) is 1. The van der Waals surface area contributed by atoms with Gasteiger partial charge in [0.25, 0.3) is 0 Å². The van der Waals surface area contributed by atoms with Crippen LogP contribution in [-0.4, -0.2) is 24.5 Å². The Morgan fingerprint density at radius 3 is 2.33 bits per heavy atom. The zero-order valence-corrected chi connectivity index (χ0v) is 10.5. The van der Waals surface area contributed by atoms with E-state index in [1.54, 1.807) is 19.1 Å². The van der Waals surface area contributed by atoms with E-state index in [9.17, 15) is 9.59 Å². The summed E-state index contributed by atoms with van der Waals surface area (Å²) in [4.78, 5) is 24.2. The smallest absolute Gasteiger partial charge is 0.318 e. The fourth-order valence-corrected chi connectivity index (χ4v) is 1.71. The molecule has 0 fully saturated rings. The van der Waals surface area contributed by atoms with Crippen LogP contribution in [0.25, 0.3) is 0 Å². The molecular weight excluding hydrogens is 232 g/mol. The summed E-state index contributed by atoms with van der Waals surface area (Å²) in [7, 11) is 0. The molecule has 0 aliphatic rings. The lowest BCUT2D eigenvalue weighted by molar-refractivity contribution is -0.120. The van der Waals surface area contributed by atoms with Crippen LogP contribution in [0.4, 0.5) is 16.2 Å². The van der Waals surface area contributed by atoms with Crippen LogP contribution in [0.3, 0.4) is 0 Å². The first-order valence-electron chi connectivity index (χ1n) is 5.68. The van der Waals surface area contributed by atoms with Gasteiger partial charge < -0.3 is 16.4 Å². The number of likely N-dealkylation sites (N-methyl/N-ethyl adjacent to an activating group) is 1. The van der Waals surface area contributed by atoms with Gasteiger partial charge in [0.2, 0.25) is 5.91 Å². The maximum atomic E-state index is 11.7. The van der Waals surface area contributed by atoms with E-state index in [-0.39, 0.29) is 0 Å². The van der Waals surface area contributed by atoms with Crippen molar-refractivity contribution in [3.63, 3.8) is 0 Å². The van der Waals surface area contributed by atoms with E-state index in [4.69, 9.17) is 11.5 Å². The first-order valence-corrected chi connectivity index (χ1v) is 5.68. The summed E-state index contributed by atoms with van der Waals surface area (Å²) in [5.74, 6) is -0.429. The van der Waals surface area contributed by atoms with Gasteiger partial charge in [-0.05, 0) is 38.1 Å². The molecular formula is C12H18N4O2. The number of hydrogen-bond acceptors (Lipinski definition) is 4. The highest BCUT2D eigenvalue weighted by atomic mass is 16.2. The minimum Gasteiger partial charge on any atom is -0.399 e. The van der Waals surface area contributed by atoms with E-state index in [1.165, 1.54) is 0 Å². The van der Waals surface area contributed by atoms with Gasteiger partial charge >= 0.3 is 6.03 Å². The Morgan fingerprint density at radius 2 is 1.89 bits per heavy atom. The Kier molecular flexibility index (Phi) is 4.53. The molecule has 1 atom stereocenters. The fraction of sp³-hybridized carbons (Fsp3) is 0.333. The summed E-state index contributed by atoms with van der Waals surface area (Å²) in [6, 6.07) is 5.83. The van der Waals surface area contributed by atoms with Gasteiger partial charge in [-0.25, -0.2) is 4.79 Å². The zero-order valence-electron chi connectivity index (χ0n) is 10.5. The number of carbonyl (C=O) groups is 2. The topological polar surface area (TPSA) is 101 Å². The van der Waals surface area contributed by atoms with Crippen molar-refractivity contribution in [2.24, 2.45) is 5.73 Å². The Balaban J connectivity index is 2.85. The number of imide groups is 1. The molecule has 0 saturated carbocycles. The number of primary amides is 1. The number of amides is 3. The number of urea groups is 1. The molecule has 0 spiro atoms. The maximum Gasteiger partial charge on any atom is 0.318 e. The summed E-state index contributed by atoms with van der Waals surface area (Å²) < 4.78 is 0. The van der Waals surface area contributed by atoms with Gasteiger partial charge in [-0.15, -0.1) is 0 Å². The maximum absolute atomic E-state index is 11.7. The quantitative estimate of drug-likeness (QED) is 0.684. The van der Waals surface area contributed by atoms with E-state index >= 15 is 0 Å². The molecule has 1 aromatic carbocycles. The molecule has 98 valence electrons. The van der Waals surface area contributed by atoms with Crippen LogP contribution in [-0.2, 0) is 4.79 Å². The van der Waals surface area contributed by atoms with Gasteiger partial charge in [-0.1, -0.05) is 0 Å². The number of carbonyl (C=O) groups excluding carboxylic acids is 2. The summed E-state index contributed by atoms with van der Waals surface area (Å²) in [5.41, 5.74) is 12.1. The molecule has 0 heterocycles. The van der Waals surface area contributed by atoms with Gasteiger partial charge in [-0.3, -0.25) is 10.1 Å². The van der Waals surface area contributed by atoms with Crippen molar-refractivity contribution in [2.75, 3.05) is 17.2 Å². The van der Waals surface area contributed by atoms with Gasteiger partial charge in [0, 0.05) is 17.9 Å². The van der Waals surface area contributed by atoms with Gasteiger partial charge in [-0.2, -0.15) is 0 Å². The molecule has 1 aromatic rings. The van der Waals surface area contributed by atoms with E-state index in [0.717, 1.165) is 5.69 Å². The molecule has 0 aliphatic heterocycles. The largest absolute Gasteiger partial charge is 0.399 e. The van der Waals surface area contributed by atoms with Crippen LogP contribution in [0, 0.1) is 0 Å². The highest BCUT2D eigenvalue weighted by molar-refractivity contribution is 5.97. The molecule has 18 heavy (non-hydrogen) atoms. The first kappa shape index (κ1) is 13.8. The van der Waals surface area contributed by atoms with E-state index < -0.39 is 18.0 Å². The minimum atomic E-state index is -0.847. The number of benzene rings is 1. The van der Waals surface area contributed by atoms with Crippen LogP contribution in [0.2, 0.25) is 0 Å². The summed E-state index contributed by atoms with van der Waals surface area (Å²) >= 11 is 0. The molecule has 0 saturated heterocycles.